The number of rotatable bonds is 2. The first kappa shape index (κ1) is 9.94. The molecule has 1 aromatic rings. The largest absolute Gasteiger partial charge is 0.245 e. The average Bonchev–Trinajstić information content (AvgIpc) is 2.02. The highest BCUT2D eigenvalue weighted by molar-refractivity contribution is 7.92. The SMILES string of the molecule is CS(=O)(=O)N(N)c1ccccc1F. The molecule has 0 bridgehead atoms. The third-order valence-electron chi connectivity index (χ3n) is 1.45. The van der Waals surface area contributed by atoms with Crippen LogP contribution in [0, 0.1) is 5.82 Å². The standard InChI is InChI=1S/C7H9FN2O2S/c1-13(11,12)10(9)7-5-3-2-4-6(7)8/h2-5H,9H2,1H3. The van der Waals surface area contributed by atoms with Crippen molar-refractivity contribution in [3.05, 3.63) is 30.1 Å². The van der Waals surface area contributed by atoms with Crippen LogP contribution < -0.4 is 10.3 Å². The first-order valence-corrected chi connectivity index (χ1v) is 5.27. The van der Waals surface area contributed by atoms with Gasteiger partial charge in [-0.05, 0) is 12.1 Å². The maximum absolute atomic E-state index is 13.0. The Bertz CT molecular complexity index is 405. The number of benzene rings is 1. The van der Waals surface area contributed by atoms with Crippen LogP contribution in [0.5, 0.6) is 0 Å². The molecular weight excluding hydrogens is 195 g/mol. The summed E-state index contributed by atoms with van der Waals surface area (Å²) in [6.45, 7) is 0. The van der Waals surface area contributed by atoms with Gasteiger partial charge in [0.25, 0.3) is 0 Å². The van der Waals surface area contributed by atoms with Crippen LogP contribution in [-0.2, 0) is 10.0 Å². The minimum absolute atomic E-state index is 0.162. The Morgan fingerprint density at radius 2 is 1.92 bits per heavy atom. The van der Waals surface area contributed by atoms with Crippen LogP contribution in [0.1, 0.15) is 0 Å². The highest BCUT2D eigenvalue weighted by atomic mass is 32.2. The molecule has 0 heterocycles. The molecule has 0 unspecified atom stereocenters. The molecule has 0 atom stereocenters. The van der Waals surface area contributed by atoms with E-state index in [4.69, 9.17) is 5.84 Å². The zero-order valence-electron chi connectivity index (χ0n) is 6.94. The number of para-hydroxylation sites is 1. The van der Waals surface area contributed by atoms with E-state index in [0.29, 0.717) is 4.41 Å². The summed E-state index contributed by atoms with van der Waals surface area (Å²) in [5.41, 5.74) is -0.162. The highest BCUT2D eigenvalue weighted by Crippen LogP contribution is 2.17. The topological polar surface area (TPSA) is 63.4 Å². The van der Waals surface area contributed by atoms with E-state index in [-0.39, 0.29) is 5.69 Å². The number of hydrazine groups is 1. The van der Waals surface area contributed by atoms with Crippen molar-refractivity contribution in [2.75, 3.05) is 10.7 Å². The van der Waals surface area contributed by atoms with Gasteiger partial charge in [-0.15, -0.1) is 0 Å². The summed E-state index contributed by atoms with van der Waals surface area (Å²) in [7, 11) is -3.61. The van der Waals surface area contributed by atoms with Gasteiger partial charge in [0.1, 0.15) is 11.5 Å². The van der Waals surface area contributed by atoms with E-state index in [1.807, 2.05) is 0 Å². The second-order valence-electron chi connectivity index (χ2n) is 2.51. The summed E-state index contributed by atoms with van der Waals surface area (Å²) in [6.07, 6.45) is 0.902. The molecule has 4 nitrogen and oxygen atoms in total. The van der Waals surface area contributed by atoms with E-state index in [1.54, 1.807) is 0 Å². The smallest absolute Gasteiger partial charge is 0.233 e. The Kier molecular flexibility index (Phi) is 2.53. The van der Waals surface area contributed by atoms with E-state index in [2.05, 4.69) is 0 Å². The lowest BCUT2D eigenvalue weighted by Gasteiger charge is -2.15. The summed E-state index contributed by atoms with van der Waals surface area (Å²) in [4.78, 5) is 0. The van der Waals surface area contributed by atoms with Gasteiger partial charge in [-0.3, -0.25) is 0 Å². The van der Waals surface area contributed by atoms with Gasteiger partial charge in [-0.1, -0.05) is 12.1 Å². The average molecular weight is 204 g/mol. The Morgan fingerprint density at radius 3 is 2.38 bits per heavy atom. The maximum atomic E-state index is 13.0. The molecule has 0 aliphatic rings. The van der Waals surface area contributed by atoms with Crippen molar-refractivity contribution in [1.82, 2.24) is 0 Å². The summed E-state index contributed by atoms with van der Waals surface area (Å²) in [5, 5.41) is 0. The van der Waals surface area contributed by atoms with Crippen LogP contribution in [0.25, 0.3) is 0 Å². The first-order valence-electron chi connectivity index (χ1n) is 3.42. The molecule has 72 valence electrons. The fourth-order valence-corrected chi connectivity index (χ4v) is 1.31. The summed E-state index contributed by atoms with van der Waals surface area (Å²) in [5.74, 6) is 4.51. The number of halogens is 1. The zero-order valence-corrected chi connectivity index (χ0v) is 7.75. The lowest BCUT2D eigenvalue weighted by atomic mass is 10.3. The van der Waals surface area contributed by atoms with Gasteiger partial charge in [0.2, 0.25) is 10.0 Å². The van der Waals surface area contributed by atoms with E-state index in [0.717, 1.165) is 12.3 Å². The second kappa shape index (κ2) is 3.31. The second-order valence-corrected chi connectivity index (χ2v) is 4.37. The van der Waals surface area contributed by atoms with E-state index in [1.165, 1.54) is 18.2 Å². The Labute approximate surface area is 75.8 Å². The number of hydrogen-bond donors (Lipinski definition) is 1. The Hall–Kier alpha value is -1.14. The molecule has 1 rings (SSSR count). The van der Waals surface area contributed by atoms with Gasteiger partial charge in [-0.25, -0.2) is 23.1 Å². The van der Waals surface area contributed by atoms with Crippen molar-refractivity contribution in [1.29, 1.82) is 0 Å². The molecule has 0 radical (unpaired) electrons. The fraction of sp³-hybridized carbons (Fsp3) is 0.143. The molecule has 0 aromatic heterocycles. The lowest BCUT2D eigenvalue weighted by molar-refractivity contribution is 0.592. The van der Waals surface area contributed by atoms with Gasteiger partial charge in [0, 0.05) is 0 Å². The van der Waals surface area contributed by atoms with Crippen molar-refractivity contribution in [2.24, 2.45) is 5.84 Å². The minimum Gasteiger partial charge on any atom is -0.233 e. The summed E-state index contributed by atoms with van der Waals surface area (Å²) in [6, 6.07) is 5.38. The van der Waals surface area contributed by atoms with Crippen LogP contribution >= 0.6 is 0 Å². The van der Waals surface area contributed by atoms with Gasteiger partial charge in [-0.2, -0.15) is 0 Å². The molecule has 0 spiro atoms. The van der Waals surface area contributed by atoms with E-state index >= 15 is 0 Å². The van der Waals surface area contributed by atoms with Crippen molar-refractivity contribution in [3.63, 3.8) is 0 Å². The molecule has 13 heavy (non-hydrogen) atoms. The quantitative estimate of drug-likeness (QED) is 0.562. The molecule has 0 saturated heterocycles. The molecular formula is C7H9FN2O2S. The highest BCUT2D eigenvalue weighted by Gasteiger charge is 2.15. The van der Waals surface area contributed by atoms with Gasteiger partial charge in [0.05, 0.1) is 6.26 Å². The van der Waals surface area contributed by atoms with E-state index in [9.17, 15) is 12.8 Å². The monoisotopic (exact) mass is 204 g/mol. The van der Waals surface area contributed by atoms with Crippen LogP contribution in [-0.4, -0.2) is 14.7 Å². The Morgan fingerprint density at radius 1 is 1.38 bits per heavy atom. The molecule has 0 fully saturated rings. The van der Waals surface area contributed by atoms with E-state index < -0.39 is 15.8 Å². The predicted octanol–water partition coefficient (Wildman–Crippen LogP) is 0.465. The van der Waals surface area contributed by atoms with Crippen LogP contribution in [0.15, 0.2) is 24.3 Å². The molecule has 1 aromatic carbocycles. The third-order valence-corrected chi connectivity index (χ3v) is 2.36. The summed E-state index contributed by atoms with van der Waals surface area (Å²) >= 11 is 0. The maximum Gasteiger partial charge on any atom is 0.245 e. The Balaban J connectivity index is 3.17. The fourth-order valence-electron chi connectivity index (χ4n) is 0.809. The molecule has 0 amide bonds. The molecule has 6 heteroatoms. The molecule has 2 N–H and O–H groups in total. The minimum atomic E-state index is -3.61. The van der Waals surface area contributed by atoms with Crippen LogP contribution in [0.3, 0.4) is 0 Å². The van der Waals surface area contributed by atoms with Gasteiger partial charge in [0.15, 0.2) is 0 Å². The summed E-state index contributed by atoms with van der Waals surface area (Å²) < 4.78 is 35.2. The molecule has 0 saturated carbocycles. The van der Waals surface area contributed by atoms with Crippen molar-refractivity contribution in [3.8, 4) is 0 Å². The van der Waals surface area contributed by atoms with Gasteiger partial charge >= 0.3 is 0 Å². The number of nitrogens with zero attached hydrogens (tertiary/aromatic N) is 1. The van der Waals surface area contributed by atoms with Crippen molar-refractivity contribution in [2.45, 2.75) is 0 Å². The van der Waals surface area contributed by atoms with Gasteiger partial charge < -0.3 is 0 Å². The number of anilines is 1. The molecule has 0 aliphatic carbocycles. The zero-order chi connectivity index (χ0) is 10.1. The van der Waals surface area contributed by atoms with Crippen LogP contribution in [0.2, 0.25) is 0 Å². The number of hydrogen-bond acceptors (Lipinski definition) is 3. The van der Waals surface area contributed by atoms with Crippen molar-refractivity contribution < 1.29 is 12.8 Å². The number of nitrogens with two attached hydrogens (primary N) is 1. The number of sulfonamides is 1. The third kappa shape index (κ3) is 2.16. The van der Waals surface area contributed by atoms with Crippen LogP contribution in [0.4, 0.5) is 10.1 Å². The van der Waals surface area contributed by atoms with Crippen molar-refractivity contribution >= 4 is 15.7 Å². The normalized spacial score (nSPS) is 11.3. The predicted molar refractivity (Wildman–Crippen MR) is 47.9 cm³/mol. The lowest BCUT2D eigenvalue weighted by Crippen LogP contribution is -2.37. The first-order chi connectivity index (χ1) is 5.93. The molecule has 0 aliphatic heterocycles.